The number of aromatic nitrogens is 3. The summed E-state index contributed by atoms with van der Waals surface area (Å²) < 4.78 is 66.1. The molecule has 1 aliphatic heterocycles. The molecule has 0 amide bonds. The Kier molecular flexibility index (Phi) is 5.61. The maximum absolute atomic E-state index is 13.6. The van der Waals surface area contributed by atoms with Crippen molar-refractivity contribution in [3.63, 3.8) is 0 Å². The Morgan fingerprint density at radius 3 is 2.71 bits per heavy atom. The minimum atomic E-state index is -4.62. The Labute approximate surface area is 155 Å². The molecule has 2 heterocycles. The lowest BCUT2D eigenvalue weighted by Gasteiger charge is -2.26. The molecule has 0 saturated heterocycles. The molecule has 1 atom stereocenters. The number of halogens is 5. The van der Waals surface area contributed by atoms with E-state index in [-0.39, 0.29) is 43.9 Å². The molecule has 152 valence electrons. The summed E-state index contributed by atoms with van der Waals surface area (Å²) >= 11 is 0. The number of hydroxylamine groups is 2. The second-order valence-electron chi connectivity index (χ2n) is 6.32. The van der Waals surface area contributed by atoms with Gasteiger partial charge in [0, 0.05) is 12.6 Å². The highest BCUT2D eigenvalue weighted by Gasteiger charge is 2.39. The molecule has 0 saturated carbocycles. The first-order valence-electron chi connectivity index (χ1n) is 8.28. The molecule has 2 aromatic rings. The molecule has 0 radical (unpaired) electrons. The molecule has 0 unspecified atom stereocenters. The minimum absolute atomic E-state index is 0.00756. The van der Waals surface area contributed by atoms with Gasteiger partial charge < -0.3 is 15.1 Å². The number of fused-ring (bicyclic) bond motifs is 1. The highest BCUT2D eigenvalue weighted by Crippen LogP contribution is 2.29. The van der Waals surface area contributed by atoms with Gasteiger partial charge in [0.1, 0.15) is 11.6 Å². The summed E-state index contributed by atoms with van der Waals surface area (Å²) in [5.74, 6) is -3.10. The van der Waals surface area contributed by atoms with Crippen molar-refractivity contribution in [2.45, 2.75) is 38.1 Å². The van der Waals surface area contributed by atoms with E-state index in [9.17, 15) is 26.7 Å². The van der Waals surface area contributed by atoms with Crippen molar-refractivity contribution >= 4 is 5.97 Å². The zero-order valence-electron chi connectivity index (χ0n) is 14.4. The number of rotatable bonds is 5. The fraction of sp³-hybridized carbons (Fsp3) is 0.438. The van der Waals surface area contributed by atoms with Crippen LogP contribution in [0, 0.1) is 11.6 Å². The first-order valence-corrected chi connectivity index (χ1v) is 8.28. The van der Waals surface area contributed by atoms with Crippen molar-refractivity contribution in [3.8, 4) is 0 Å². The van der Waals surface area contributed by atoms with Crippen LogP contribution in [0.25, 0.3) is 0 Å². The van der Waals surface area contributed by atoms with Crippen molar-refractivity contribution in [3.05, 3.63) is 47.0 Å². The van der Waals surface area contributed by atoms with Crippen molar-refractivity contribution in [1.29, 1.82) is 0 Å². The molecule has 28 heavy (non-hydrogen) atoms. The highest BCUT2D eigenvalue weighted by molar-refractivity contribution is 5.69. The molecular formula is C16H16F5N5O2. The third-order valence-corrected chi connectivity index (χ3v) is 4.12. The molecular weight excluding hydrogens is 389 g/mol. The average molecular weight is 405 g/mol. The molecule has 0 spiro atoms. The predicted octanol–water partition coefficient (Wildman–Crippen LogP) is 1.81. The Morgan fingerprint density at radius 2 is 2.00 bits per heavy atom. The Bertz CT molecular complexity index is 870. The lowest BCUT2D eigenvalue weighted by atomic mass is 10.0. The van der Waals surface area contributed by atoms with E-state index in [1.165, 1.54) is 0 Å². The van der Waals surface area contributed by atoms with Crippen LogP contribution in [-0.4, -0.2) is 38.4 Å². The second kappa shape index (κ2) is 7.80. The Morgan fingerprint density at radius 1 is 1.25 bits per heavy atom. The van der Waals surface area contributed by atoms with Gasteiger partial charge >= 0.3 is 12.1 Å². The summed E-state index contributed by atoms with van der Waals surface area (Å²) in [4.78, 5) is 17.1. The van der Waals surface area contributed by atoms with Gasteiger partial charge in [0.05, 0.1) is 19.5 Å². The van der Waals surface area contributed by atoms with Gasteiger partial charge in [-0.15, -0.1) is 15.3 Å². The number of nitrogens with two attached hydrogens (primary N) is 1. The van der Waals surface area contributed by atoms with Crippen LogP contribution in [0.4, 0.5) is 22.0 Å². The Balaban J connectivity index is 1.54. The van der Waals surface area contributed by atoms with Crippen molar-refractivity contribution < 1.29 is 31.6 Å². The van der Waals surface area contributed by atoms with Crippen LogP contribution in [0.3, 0.4) is 0 Å². The molecule has 3 rings (SSSR count). The number of nitrogens with zero attached hydrogens (tertiary/aromatic N) is 4. The summed E-state index contributed by atoms with van der Waals surface area (Å²) in [6.45, 7) is -0.263. The molecule has 2 N–H and O–H groups in total. The van der Waals surface area contributed by atoms with Crippen LogP contribution in [-0.2, 0) is 35.3 Å². The molecule has 0 fully saturated rings. The smallest absolute Gasteiger partial charge is 0.367 e. The van der Waals surface area contributed by atoms with Crippen LogP contribution < -0.4 is 5.73 Å². The molecule has 1 aromatic carbocycles. The number of alkyl halides is 3. The summed E-state index contributed by atoms with van der Waals surface area (Å²) in [7, 11) is 0. The summed E-state index contributed by atoms with van der Waals surface area (Å²) in [6.07, 6.45) is -4.99. The van der Waals surface area contributed by atoms with Gasteiger partial charge in [0.2, 0.25) is 5.82 Å². The fourth-order valence-electron chi connectivity index (χ4n) is 2.87. The van der Waals surface area contributed by atoms with E-state index in [4.69, 9.17) is 10.6 Å². The van der Waals surface area contributed by atoms with Gasteiger partial charge in [-0.3, -0.25) is 4.79 Å². The average Bonchev–Trinajstić information content (AvgIpc) is 3.01. The third kappa shape index (κ3) is 4.62. The molecule has 12 heteroatoms. The second-order valence-corrected chi connectivity index (χ2v) is 6.32. The van der Waals surface area contributed by atoms with Crippen molar-refractivity contribution in [1.82, 2.24) is 19.8 Å². The van der Waals surface area contributed by atoms with Gasteiger partial charge in [-0.25, -0.2) is 8.78 Å². The van der Waals surface area contributed by atoms with Crippen molar-refractivity contribution in [2.75, 3.05) is 6.54 Å². The zero-order valence-corrected chi connectivity index (χ0v) is 14.4. The van der Waals surface area contributed by atoms with Gasteiger partial charge in [0.15, 0.2) is 5.82 Å². The van der Waals surface area contributed by atoms with E-state index in [2.05, 4.69) is 10.2 Å². The number of hydrogen-bond acceptors (Lipinski definition) is 6. The van der Waals surface area contributed by atoms with E-state index in [0.717, 1.165) is 27.8 Å². The molecule has 0 aliphatic carbocycles. The molecule has 7 nitrogen and oxygen atoms in total. The SMILES string of the molecule is N[C@@H](CC(=O)ON1CCn2c(nnc2C(F)(F)F)C1)Cc1cc(F)ccc1F. The van der Waals surface area contributed by atoms with Gasteiger partial charge in [0.25, 0.3) is 0 Å². The van der Waals surface area contributed by atoms with E-state index in [1.807, 2.05) is 0 Å². The lowest BCUT2D eigenvalue weighted by molar-refractivity contribution is -0.199. The lowest BCUT2D eigenvalue weighted by Crippen LogP contribution is -2.38. The standard InChI is InChI=1S/C16H16F5N5O2/c17-10-1-2-12(18)9(5-10)6-11(22)7-14(27)28-25-3-4-26-13(8-25)23-24-15(26)16(19,20)21/h1-2,5,11H,3-4,6-8,22H2/t11-/m1/s1. The third-order valence-electron chi connectivity index (χ3n) is 4.12. The van der Waals surface area contributed by atoms with E-state index in [0.29, 0.717) is 0 Å². The minimum Gasteiger partial charge on any atom is -0.367 e. The first kappa shape index (κ1) is 20.1. The number of carbonyl (C=O) groups is 1. The van der Waals surface area contributed by atoms with E-state index < -0.39 is 35.6 Å². The van der Waals surface area contributed by atoms with Gasteiger partial charge in [-0.1, -0.05) is 0 Å². The highest BCUT2D eigenvalue weighted by atomic mass is 19.4. The predicted molar refractivity (Wildman–Crippen MR) is 84.2 cm³/mol. The van der Waals surface area contributed by atoms with Crippen LogP contribution in [0.1, 0.15) is 23.6 Å². The van der Waals surface area contributed by atoms with Crippen LogP contribution in [0.15, 0.2) is 18.2 Å². The maximum Gasteiger partial charge on any atom is 0.451 e. The van der Waals surface area contributed by atoms with Crippen LogP contribution >= 0.6 is 0 Å². The normalized spacial score (nSPS) is 15.9. The summed E-state index contributed by atoms with van der Waals surface area (Å²) in [6, 6.07) is 2.11. The maximum atomic E-state index is 13.6. The topological polar surface area (TPSA) is 86.3 Å². The molecule has 0 bridgehead atoms. The van der Waals surface area contributed by atoms with E-state index in [1.54, 1.807) is 0 Å². The summed E-state index contributed by atoms with van der Waals surface area (Å²) in [5.41, 5.74) is 5.83. The molecule has 1 aromatic heterocycles. The van der Waals surface area contributed by atoms with Gasteiger partial charge in [-0.2, -0.15) is 13.2 Å². The summed E-state index contributed by atoms with van der Waals surface area (Å²) in [5, 5.41) is 7.76. The Hall–Kier alpha value is -2.60. The number of hydrogen-bond donors (Lipinski definition) is 1. The monoisotopic (exact) mass is 405 g/mol. The number of carbonyl (C=O) groups excluding carboxylic acids is 1. The molecule has 1 aliphatic rings. The van der Waals surface area contributed by atoms with Gasteiger partial charge in [-0.05, 0) is 30.2 Å². The van der Waals surface area contributed by atoms with E-state index >= 15 is 0 Å². The zero-order chi connectivity index (χ0) is 20.5. The first-order chi connectivity index (χ1) is 13.1. The quantitative estimate of drug-likeness (QED) is 0.764. The largest absolute Gasteiger partial charge is 0.451 e. The number of benzene rings is 1. The fourth-order valence-corrected chi connectivity index (χ4v) is 2.87. The van der Waals surface area contributed by atoms with Crippen molar-refractivity contribution in [2.24, 2.45) is 5.73 Å². The van der Waals surface area contributed by atoms with Crippen LogP contribution in [0.2, 0.25) is 0 Å². The van der Waals surface area contributed by atoms with Crippen LogP contribution in [0.5, 0.6) is 0 Å².